The van der Waals surface area contributed by atoms with E-state index in [1.807, 2.05) is 55.9 Å². The third-order valence-corrected chi connectivity index (χ3v) is 3.70. The Morgan fingerprint density at radius 2 is 2.04 bits per heavy atom. The van der Waals surface area contributed by atoms with Gasteiger partial charge in [-0.2, -0.15) is 5.10 Å². The molecule has 0 aliphatic carbocycles. The molecular weight excluding hydrogens is 306 g/mol. The van der Waals surface area contributed by atoms with Crippen molar-refractivity contribution in [3.63, 3.8) is 0 Å². The van der Waals surface area contributed by atoms with E-state index in [1.54, 1.807) is 11.1 Å². The smallest absolute Gasteiger partial charge is 0.410 e. The van der Waals surface area contributed by atoms with Crippen LogP contribution in [0.5, 0.6) is 5.75 Å². The molecule has 1 aliphatic heterocycles. The first-order chi connectivity index (χ1) is 11.4. The number of carbonyl (C=O) groups is 1. The predicted molar refractivity (Wildman–Crippen MR) is 89.6 cm³/mol. The number of ether oxygens (including phenoxy) is 2. The van der Waals surface area contributed by atoms with Gasteiger partial charge in [0.2, 0.25) is 0 Å². The molecule has 0 saturated carbocycles. The number of nitrogens with zero attached hydrogens (tertiary/aromatic N) is 3. The Labute approximate surface area is 142 Å². The Hall–Kier alpha value is -2.50. The van der Waals surface area contributed by atoms with Crippen LogP contribution in [0.4, 0.5) is 4.79 Å². The van der Waals surface area contributed by atoms with E-state index in [0.717, 1.165) is 16.9 Å². The lowest BCUT2D eigenvalue weighted by atomic mass is 10.1. The Balaban J connectivity index is 1.56. The van der Waals surface area contributed by atoms with Gasteiger partial charge in [-0.3, -0.25) is 9.58 Å². The molecule has 1 aromatic heterocycles. The van der Waals surface area contributed by atoms with E-state index in [1.165, 1.54) is 0 Å². The Morgan fingerprint density at radius 1 is 1.25 bits per heavy atom. The summed E-state index contributed by atoms with van der Waals surface area (Å²) in [7, 11) is 0. The topological polar surface area (TPSA) is 56.6 Å². The molecule has 1 amide bonds. The summed E-state index contributed by atoms with van der Waals surface area (Å²) < 4.78 is 13.1. The molecule has 2 heterocycles. The van der Waals surface area contributed by atoms with Gasteiger partial charge in [0.25, 0.3) is 0 Å². The molecule has 0 radical (unpaired) electrons. The van der Waals surface area contributed by atoms with Crippen molar-refractivity contribution in [2.45, 2.75) is 46.0 Å². The third-order valence-electron chi connectivity index (χ3n) is 3.70. The van der Waals surface area contributed by atoms with Crippen molar-refractivity contribution in [3.05, 3.63) is 47.8 Å². The minimum absolute atomic E-state index is 0.278. The SMILES string of the molecule is CC(C)(C)OC(=O)N1Cc2ccc(OCCn3cccn3)cc2C1. The number of fused-ring (bicyclic) bond motifs is 1. The van der Waals surface area contributed by atoms with Gasteiger partial charge >= 0.3 is 6.09 Å². The molecule has 3 rings (SSSR count). The summed E-state index contributed by atoms with van der Waals surface area (Å²) in [6, 6.07) is 7.85. The first-order valence-corrected chi connectivity index (χ1v) is 8.11. The highest BCUT2D eigenvalue weighted by Gasteiger charge is 2.27. The quantitative estimate of drug-likeness (QED) is 0.864. The van der Waals surface area contributed by atoms with Crippen molar-refractivity contribution >= 4 is 6.09 Å². The number of hydrogen-bond acceptors (Lipinski definition) is 4. The fourth-order valence-corrected chi connectivity index (χ4v) is 2.61. The van der Waals surface area contributed by atoms with Crippen LogP contribution in [0.1, 0.15) is 31.9 Å². The summed E-state index contributed by atoms with van der Waals surface area (Å²) >= 11 is 0. The lowest BCUT2D eigenvalue weighted by Crippen LogP contribution is -2.33. The molecule has 0 bridgehead atoms. The summed E-state index contributed by atoms with van der Waals surface area (Å²) in [5, 5.41) is 4.14. The van der Waals surface area contributed by atoms with Gasteiger partial charge < -0.3 is 9.47 Å². The zero-order chi connectivity index (χ0) is 17.2. The van der Waals surface area contributed by atoms with Crippen LogP contribution >= 0.6 is 0 Å². The highest BCUT2D eigenvalue weighted by atomic mass is 16.6. The van der Waals surface area contributed by atoms with Gasteiger partial charge in [-0.1, -0.05) is 6.07 Å². The highest BCUT2D eigenvalue weighted by molar-refractivity contribution is 5.69. The molecular formula is C18H23N3O3. The molecule has 128 valence electrons. The van der Waals surface area contributed by atoms with E-state index in [4.69, 9.17) is 9.47 Å². The van der Waals surface area contributed by atoms with Crippen molar-refractivity contribution in [2.75, 3.05) is 6.61 Å². The third kappa shape index (κ3) is 4.07. The van der Waals surface area contributed by atoms with Gasteiger partial charge in [0, 0.05) is 25.5 Å². The van der Waals surface area contributed by atoms with E-state index >= 15 is 0 Å². The summed E-state index contributed by atoms with van der Waals surface area (Å²) in [4.78, 5) is 13.9. The van der Waals surface area contributed by atoms with Gasteiger partial charge in [-0.05, 0) is 50.1 Å². The number of aromatic nitrogens is 2. The Kier molecular flexibility index (Phi) is 4.46. The van der Waals surface area contributed by atoms with Crippen LogP contribution in [-0.2, 0) is 24.4 Å². The molecule has 6 nitrogen and oxygen atoms in total. The lowest BCUT2D eigenvalue weighted by molar-refractivity contribution is 0.0242. The van der Waals surface area contributed by atoms with Gasteiger partial charge in [0.05, 0.1) is 6.54 Å². The van der Waals surface area contributed by atoms with Crippen LogP contribution in [-0.4, -0.2) is 33.0 Å². The first-order valence-electron chi connectivity index (χ1n) is 8.11. The minimum Gasteiger partial charge on any atom is -0.492 e. The van der Waals surface area contributed by atoms with E-state index in [-0.39, 0.29) is 6.09 Å². The predicted octanol–water partition coefficient (Wildman–Crippen LogP) is 3.21. The van der Waals surface area contributed by atoms with Crippen LogP contribution in [0.2, 0.25) is 0 Å². The van der Waals surface area contributed by atoms with Gasteiger partial charge in [0.15, 0.2) is 0 Å². The fourth-order valence-electron chi connectivity index (χ4n) is 2.61. The largest absolute Gasteiger partial charge is 0.492 e. The van der Waals surface area contributed by atoms with Crippen LogP contribution in [0.25, 0.3) is 0 Å². The second kappa shape index (κ2) is 6.55. The zero-order valence-corrected chi connectivity index (χ0v) is 14.4. The molecule has 6 heteroatoms. The second-order valence-corrected chi connectivity index (χ2v) is 6.88. The molecule has 0 fully saturated rings. The monoisotopic (exact) mass is 329 g/mol. The summed E-state index contributed by atoms with van der Waals surface area (Å²) in [5.41, 5.74) is 1.77. The number of carbonyl (C=O) groups excluding carboxylic acids is 1. The van der Waals surface area contributed by atoms with Crippen LogP contribution in [0.3, 0.4) is 0 Å². The normalized spacial score (nSPS) is 13.7. The maximum Gasteiger partial charge on any atom is 0.410 e. The summed E-state index contributed by atoms with van der Waals surface area (Å²) in [5.74, 6) is 0.812. The summed E-state index contributed by atoms with van der Waals surface area (Å²) in [6.45, 7) is 8.02. The van der Waals surface area contributed by atoms with Gasteiger partial charge in [0.1, 0.15) is 18.0 Å². The molecule has 0 unspecified atom stereocenters. The molecule has 0 spiro atoms. The minimum atomic E-state index is -0.480. The first kappa shape index (κ1) is 16.4. The van der Waals surface area contributed by atoms with Crippen LogP contribution < -0.4 is 4.74 Å². The summed E-state index contributed by atoms with van der Waals surface area (Å²) in [6.07, 6.45) is 3.38. The fraction of sp³-hybridized carbons (Fsp3) is 0.444. The molecule has 1 aromatic carbocycles. The van der Waals surface area contributed by atoms with E-state index in [2.05, 4.69) is 5.10 Å². The van der Waals surface area contributed by atoms with Crippen LogP contribution in [0, 0.1) is 0 Å². The van der Waals surface area contributed by atoms with E-state index in [9.17, 15) is 4.79 Å². The van der Waals surface area contributed by atoms with Crippen LogP contribution in [0.15, 0.2) is 36.7 Å². The second-order valence-electron chi connectivity index (χ2n) is 6.88. The Bertz CT molecular complexity index is 705. The molecule has 2 aromatic rings. The highest BCUT2D eigenvalue weighted by Crippen LogP contribution is 2.28. The standard InChI is InChI=1S/C18H23N3O3/c1-18(2,3)24-17(22)20-12-14-5-6-16(11-15(14)13-20)23-10-9-21-8-4-7-19-21/h4-8,11H,9-10,12-13H2,1-3H3. The van der Waals surface area contributed by atoms with E-state index < -0.39 is 5.60 Å². The van der Waals surface area contributed by atoms with Crippen molar-refractivity contribution in [1.29, 1.82) is 0 Å². The zero-order valence-electron chi connectivity index (χ0n) is 14.4. The van der Waals surface area contributed by atoms with Crippen molar-refractivity contribution in [2.24, 2.45) is 0 Å². The molecule has 1 aliphatic rings. The molecule has 0 atom stereocenters. The number of benzene rings is 1. The maximum atomic E-state index is 12.2. The van der Waals surface area contributed by atoms with Crippen molar-refractivity contribution in [3.8, 4) is 5.75 Å². The van der Waals surface area contributed by atoms with Crippen molar-refractivity contribution in [1.82, 2.24) is 14.7 Å². The molecule has 0 N–H and O–H groups in total. The number of rotatable bonds is 4. The molecule has 0 saturated heterocycles. The van der Waals surface area contributed by atoms with E-state index in [0.29, 0.717) is 26.2 Å². The number of hydrogen-bond donors (Lipinski definition) is 0. The average Bonchev–Trinajstić information content (AvgIpc) is 3.13. The lowest BCUT2D eigenvalue weighted by Gasteiger charge is -2.24. The maximum absolute atomic E-state index is 12.2. The number of amides is 1. The van der Waals surface area contributed by atoms with Crippen molar-refractivity contribution < 1.29 is 14.3 Å². The van der Waals surface area contributed by atoms with Gasteiger partial charge in [-0.25, -0.2) is 4.79 Å². The molecule has 24 heavy (non-hydrogen) atoms. The average molecular weight is 329 g/mol. The Morgan fingerprint density at radius 3 is 2.75 bits per heavy atom. The van der Waals surface area contributed by atoms with Gasteiger partial charge in [-0.15, -0.1) is 0 Å².